The molecule has 1 aromatic carbocycles. The molecule has 7 heteroatoms. The maximum Gasteiger partial charge on any atom is 0.191 e. The first-order chi connectivity index (χ1) is 14.2. The minimum absolute atomic E-state index is 0.243. The highest BCUT2D eigenvalue weighted by molar-refractivity contribution is 6.29. The fourth-order valence-corrected chi connectivity index (χ4v) is 3.84. The van der Waals surface area contributed by atoms with Crippen LogP contribution >= 0.6 is 11.6 Å². The van der Waals surface area contributed by atoms with Crippen molar-refractivity contribution in [2.45, 2.75) is 25.3 Å². The summed E-state index contributed by atoms with van der Waals surface area (Å²) in [5.41, 5.74) is 2.36. The van der Waals surface area contributed by atoms with Crippen molar-refractivity contribution in [2.75, 3.05) is 40.3 Å². The molecule has 1 aliphatic rings. The second-order valence-electron chi connectivity index (χ2n) is 7.12. The smallest absolute Gasteiger partial charge is 0.191 e. The molecule has 1 aromatic heterocycles. The molecule has 1 fully saturated rings. The van der Waals surface area contributed by atoms with Crippen molar-refractivity contribution in [3.8, 4) is 5.75 Å². The van der Waals surface area contributed by atoms with Gasteiger partial charge in [-0.05, 0) is 50.0 Å². The highest BCUT2D eigenvalue weighted by Gasteiger charge is 2.25. The Morgan fingerprint density at radius 2 is 2.00 bits per heavy atom. The monoisotopic (exact) mass is 415 g/mol. The molecule has 0 aliphatic carbocycles. The van der Waals surface area contributed by atoms with E-state index in [2.05, 4.69) is 37.6 Å². The zero-order valence-corrected chi connectivity index (χ0v) is 18.0. The zero-order chi connectivity index (χ0) is 20.5. The van der Waals surface area contributed by atoms with E-state index < -0.39 is 0 Å². The van der Waals surface area contributed by atoms with Crippen molar-refractivity contribution in [3.05, 3.63) is 58.9 Å². The summed E-state index contributed by atoms with van der Waals surface area (Å²) < 4.78 is 5.63. The number of nitrogens with one attached hydrogen (secondary N) is 2. The van der Waals surface area contributed by atoms with E-state index in [0.29, 0.717) is 5.15 Å². The van der Waals surface area contributed by atoms with E-state index in [1.807, 2.05) is 30.5 Å². The fourth-order valence-electron chi connectivity index (χ4n) is 3.72. The molecule has 1 saturated heterocycles. The molecule has 6 nitrogen and oxygen atoms in total. The molecule has 0 bridgehead atoms. The number of aromatic nitrogens is 1. The van der Waals surface area contributed by atoms with E-state index >= 15 is 0 Å². The van der Waals surface area contributed by atoms with E-state index in [1.165, 1.54) is 18.4 Å². The van der Waals surface area contributed by atoms with Crippen molar-refractivity contribution in [3.63, 3.8) is 0 Å². The predicted octanol–water partition coefficient (Wildman–Crippen LogP) is 3.29. The van der Waals surface area contributed by atoms with Gasteiger partial charge in [0.25, 0.3) is 0 Å². The van der Waals surface area contributed by atoms with Crippen molar-refractivity contribution in [2.24, 2.45) is 4.99 Å². The van der Waals surface area contributed by atoms with Gasteiger partial charge in [-0.2, -0.15) is 0 Å². The Kier molecular flexibility index (Phi) is 8.14. The van der Waals surface area contributed by atoms with Crippen LogP contribution in [0.3, 0.4) is 0 Å². The zero-order valence-electron chi connectivity index (χ0n) is 17.2. The van der Waals surface area contributed by atoms with Crippen LogP contribution in [-0.2, 0) is 6.42 Å². The minimum Gasteiger partial charge on any atom is -0.496 e. The Labute approximate surface area is 178 Å². The van der Waals surface area contributed by atoms with Crippen LogP contribution in [-0.4, -0.2) is 56.2 Å². The van der Waals surface area contributed by atoms with Gasteiger partial charge in [-0.15, -0.1) is 0 Å². The Bertz CT molecular complexity index is 790. The number of guanidine groups is 1. The summed E-state index contributed by atoms with van der Waals surface area (Å²) in [6.45, 7) is 3.76. The number of rotatable bonds is 8. The Balaban J connectivity index is 1.59. The maximum absolute atomic E-state index is 5.85. The summed E-state index contributed by atoms with van der Waals surface area (Å²) in [6, 6.07) is 12.3. The van der Waals surface area contributed by atoms with E-state index in [9.17, 15) is 0 Å². The number of nitrogens with zero attached hydrogens (tertiary/aromatic N) is 3. The van der Waals surface area contributed by atoms with Crippen molar-refractivity contribution in [1.82, 2.24) is 20.5 Å². The molecular formula is C22H30ClN5O. The number of para-hydroxylation sites is 1. The van der Waals surface area contributed by atoms with Crippen LogP contribution in [0.1, 0.15) is 30.0 Å². The highest BCUT2D eigenvalue weighted by atomic mass is 35.5. The molecule has 0 saturated carbocycles. The maximum atomic E-state index is 5.85. The lowest BCUT2D eigenvalue weighted by Gasteiger charge is -2.30. The number of ether oxygens (including phenoxy) is 1. The topological polar surface area (TPSA) is 61.8 Å². The van der Waals surface area contributed by atoms with Crippen molar-refractivity contribution >= 4 is 17.6 Å². The molecule has 2 aromatic rings. The third kappa shape index (κ3) is 6.08. The lowest BCUT2D eigenvalue weighted by Crippen LogP contribution is -2.43. The SMILES string of the molecule is CN=C(NCCc1ccc(Cl)nc1)NCC(c1ccccc1OC)N1CCCC1. The van der Waals surface area contributed by atoms with Crippen LogP contribution in [0.15, 0.2) is 47.6 Å². The summed E-state index contributed by atoms with van der Waals surface area (Å²) in [4.78, 5) is 11.0. The predicted molar refractivity (Wildman–Crippen MR) is 119 cm³/mol. The third-order valence-electron chi connectivity index (χ3n) is 5.26. The molecule has 0 radical (unpaired) electrons. The number of methoxy groups -OCH3 is 1. The van der Waals surface area contributed by atoms with Gasteiger partial charge in [0.2, 0.25) is 0 Å². The van der Waals surface area contributed by atoms with Crippen LogP contribution in [0.5, 0.6) is 5.75 Å². The second-order valence-corrected chi connectivity index (χ2v) is 7.51. The standard InChI is InChI=1S/C22H30ClN5O/c1-24-22(25-12-11-17-9-10-21(23)26-15-17)27-16-19(28-13-5-6-14-28)18-7-3-4-8-20(18)29-2/h3-4,7-10,15,19H,5-6,11-14,16H2,1-2H3,(H2,24,25,27). The molecule has 3 rings (SSSR count). The number of likely N-dealkylation sites (tertiary alicyclic amines) is 1. The fraction of sp³-hybridized carbons (Fsp3) is 0.455. The molecule has 1 aliphatic heterocycles. The van der Waals surface area contributed by atoms with Crippen molar-refractivity contribution in [1.29, 1.82) is 0 Å². The molecule has 0 amide bonds. The van der Waals surface area contributed by atoms with Gasteiger partial charge < -0.3 is 15.4 Å². The number of hydrogen-bond acceptors (Lipinski definition) is 4. The van der Waals surface area contributed by atoms with Gasteiger partial charge in [-0.1, -0.05) is 35.9 Å². The molecule has 156 valence electrons. The molecule has 1 atom stereocenters. The Hall–Kier alpha value is -2.31. The average Bonchev–Trinajstić information content (AvgIpc) is 3.29. The lowest BCUT2D eigenvalue weighted by molar-refractivity contribution is 0.239. The van der Waals surface area contributed by atoms with Crippen LogP contribution in [0, 0.1) is 0 Å². The third-order valence-corrected chi connectivity index (χ3v) is 5.48. The number of hydrogen-bond donors (Lipinski definition) is 2. The summed E-state index contributed by atoms with van der Waals surface area (Å²) in [5.74, 6) is 1.73. The lowest BCUT2D eigenvalue weighted by atomic mass is 10.0. The number of aliphatic imine (C=N–C) groups is 1. The molecule has 29 heavy (non-hydrogen) atoms. The van der Waals surface area contributed by atoms with Gasteiger partial charge in [0, 0.05) is 31.9 Å². The van der Waals surface area contributed by atoms with Gasteiger partial charge >= 0.3 is 0 Å². The largest absolute Gasteiger partial charge is 0.496 e. The first kappa shape index (κ1) is 21.4. The Morgan fingerprint density at radius 3 is 2.69 bits per heavy atom. The van der Waals surface area contributed by atoms with Crippen LogP contribution in [0.2, 0.25) is 5.15 Å². The summed E-state index contributed by atoms with van der Waals surface area (Å²) >= 11 is 5.85. The Morgan fingerprint density at radius 1 is 1.21 bits per heavy atom. The van der Waals surface area contributed by atoms with E-state index in [-0.39, 0.29) is 6.04 Å². The molecular weight excluding hydrogens is 386 g/mol. The number of benzene rings is 1. The summed E-state index contributed by atoms with van der Waals surface area (Å²) in [5, 5.41) is 7.40. The minimum atomic E-state index is 0.243. The van der Waals surface area contributed by atoms with E-state index in [4.69, 9.17) is 16.3 Å². The van der Waals surface area contributed by atoms with Gasteiger partial charge in [0.15, 0.2) is 5.96 Å². The van der Waals surface area contributed by atoms with Gasteiger partial charge in [-0.3, -0.25) is 9.89 Å². The number of halogens is 1. The van der Waals surface area contributed by atoms with Gasteiger partial charge in [0.1, 0.15) is 10.9 Å². The normalized spacial score (nSPS) is 15.9. The molecule has 1 unspecified atom stereocenters. The number of pyridine rings is 1. The van der Waals surface area contributed by atoms with Crippen LogP contribution in [0.4, 0.5) is 0 Å². The van der Waals surface area contributed by atoms with Crippen molar-refractivity contribution < 1.29 is 4.74 Å². The van der Waals surface area contributed by atoms with Gasteiger partial charge in [-0.25, -0.2) is 4.98 Å². The van der Waals surface area contributed by atoms with Crippen LogP contribution in [0.25, 0.3) is 0 Å². The molecule has 2 N–H and O–H groups in total. The van der Waals surface area contributed by atoms with Crippen LogP contribution < -0.4 is 15.4 Å². The summed E-state index contributed by atoms with van der Waals surface area (Å²) in [7, 11) is 3.53. The first-order valence-corrected chi connectivity index (χ1v) is 10.5. The highest BCUT2D eigenvalue weighted by Crippen LogP contribution is 2.31. The molecule has 0 spiro atoms. The molecule has 2 heterocycles. The second kappa shape index (κ2) is 11.0. The van der Waals surface area contributed by atoms with Gasteiger partial charge in [0.05, 0.1) is 13.2 Å². The average molecular weight is 416 g/mol. The van der Waals surface area contributed by atoms with E-state index in [0.717, 1.165) is 49.9 Å². The first-order valence-electron chi connectivity index (χ1n) is 10.1. The quantitative estimate of drug-likeness (QED) is 0.393. The summed E-state index contributed by atoms with van der Waals surface area (Å²) in [6.07, 6.45) is 5.15. The van der Waals surface area contributed by atoms with E-state index in [1.54, 1.807) is 14.2 Å².